The van der Waals surface area contributed by atoms with Crippen molar-refractivity contribution in [3.8, 4) is 0 Å². The van der Waals surface area contributed by atoms with Crippen LogP contribution >= 0.6 is 0 Å². The molecular weight excluding hydrogens is 234 g/mol. The van der Waals surface area contributed by atoms with E-state index in [-0.39, 0.29) is 11.3 Å². The second-order valence-corrected chi connectivity index (χ2v) is 6.83. The fourth-order valence-electron chi connectivity index (χ4n) is 2.67. The summed E-state index contributed by atoms with van der Waals surface area (Å²) in [6.45, 7) is 10.6. The molecule has 1 aliphatic heterocycles. The number of carbonyl (C=O) groups is 1. The second-order valence-electron chi connectivity index (χ2n) is 6.83. The van der Waals surface area contributed by atoms with Crippen LogP contribution in [0.5, 0.6) is 0 Å². The zero-order valence-corrected chi connectivity index (χ0v) is 12.6. The van der Waals surface area contributed by atoms with E-state index in [1.807, 2.05) is 17.0 Å². The summed E-state index contributed by atoms with van der Waals surface area (Å²) in [5.74, 6) is 0.818. The van der Waals surface area contributed by atoms with E-state index < -0.39 is 0 Å². The van der Waals surface area contributed by atoms with Crippen molar-refractivity contribution in [1.82, 2.24) is 4.90 Å². The Labute approximate surface area is 116 Å². The Balaban J connectivity index is 2.11. The lowest BCUT2D eigenvalue weighted by atomic mass is 9.86. The van der Waals surface area contributed by atoms with Gasteiger partial charge < -0.3 is 4.90 Å². The van der Waals surface area contributed by atoms with E-state index in [1.54, 1.807) is 0 Å². The van der Waals surface area contributed by atoms with Gasteiger partial charge in [-0.2, -0.15) is 0 Å². The molecule has 1 fully saturated rings. The maximum Gasteiger partial charge on any atom is 0.253 e. The van der Waals surface area contributed by atoms with Gasteiger partial charge in [0.25, 0.3) is 5.91 Å². The van der Waals surface area contributed by atoms with Crippen molar-refractivity contribution in [1.29, 1.82) is 0 Å². The van der Waals surface area contributed by atoms with Crippen LogP contribution in [0.4, 0.5) is 0 Å². The smallest absolute Gasteiger partial charge is 0.253 e. The third-order valence-electron chi connectivity index (χ3n) is 3.94. The standard InChI is InChI=1S/C17H25NO/c1-13-6-5-11-18(12-13)16(19)14-7-9-15(10-8-14)17(2,3)4/h7-10,13H,5-6,11-12H2,1-4H3/t13-/m1/s1. The number of hydrogen-bond acceptors (Lipinski definition) is 1. The first-order chi connectivity index (χ1) is 8.88. The Morgan fingerprint density at radius 2 is 1.84 bits per heavy atom. The topological polar surface area (TPSA) is 20.3 Å². The molecule has 19 heavy (non-hydrogen) atoms. The predicted octanol–water partition coefficient (Wildman–Crippen LogP) is 3.86. The van der Waals surface area contributed by atoms with Crippen molar-refractivity contribution in [2.24, 2.45) is 5.92 Å². The average Bonchev–Trinajstić information content (AvgIpc) is 2.37. The van der Waals surface area contributed by atoms with Crippen LogP contribution in [-0.2, 0) is 5.41 Å². The van der Waals surface area contributed by atoms with E-state index in [9.17, 15) is 4.79 Å². The van der Waals surface area contributed by atoms with Crippen molar-refractivity contribution >= 4 is 5.91 Å². The summed E-state index contributed by atoms with van der Waals surface area (Å²) >= 11 is 0. The molecule has 1 aliphatic rings. The molecule has 0 radical (unpaired) electrons. The van der Waals surface area contributed by atoms with Gasteiger partial charge in [-0.1, -0.05) is 39.8 Å². The Hall–Kier alpha value is -1.31. The van der Waals surface area contributed by atoms with E-state index in [0.29, 0.717) is 5.92 Å². The van der Waals surface area contributed by atoms with E-state index in [4.69, 9.17) is 0 Å². The molecule has 0 aromatic heterocycles. The molecule has 2 heteroatoms. The quantitative estimate of drug-likeness (QED) is 0.750. The molecule has 0 saturated carbocycles. The number of hydrogen-bond donors (Lipinski definition) is 0. The Kier molecular flexibility index (Phi) is 3.98. The summed E-state index contributed by atoms with van der Waals surface area (Å²) in [5, 5.41) is 0. The van der Waals surface area contributed by atoms with Crippen LogP contribution in [0.15, 0.2) is 24.3 Å². The molecule has 1 saturated heterocycles. The molecule has 1 aromatic rings. The van der Waals surface area contributed by atoms with E-state index >= 15 is 0 Å². The van der Waals surface area contributed by atoms with Gasteiger partial charge in [-0.25, -0.2) is 0 Å². The van der Waals surface area contributed by atoms with Gasteiger partial charge in [-0.3, -0.25) is 4.79 Å². The number of likely N-dealkylation sites (tertiary alicyclic amines) is 1. The van der Waals surface area contributed by atoms with Gasteiger partial charge in [-0.05, 0) is 41.9 Å². The molecule has 1 atom stereocenters. The van der Waals surface area contributed by atoms with Crippen LogP contribution in [-0.4, -0.2) is 23.9 Å². The number of piperidine rings is 1. The summed E-state index contributed by atoms with van der Waals surface area (Å²) in [6.07, 6.45) is 2.37. The van der Waals surface area contributed by atoms with Gasteiger partial charge >= 0.3 is 0 Å². The molecule has 0 aliphatic carbocycles. The minimum absolute atomic E-state index is 0.140. The van der Waals surface area contributed by atoms with Crippen LogP contribution in [0, 0.1) is 5.92 Å². The maximum absolute atomic E-state index is 12.4. The molecular formula is C17H25NO. The zero-order chi connectivity index (χ0) is 14.0. The number of benzene rings is 1. The molecule has 0 N–H and O–H groups in total. The molecule has 1 aromatic carbocycles. The highest BCUT2D eigenvalue weighted by molar-refractivity contribution is 5.94. The highest BCUT2D eigenvalue weighted by Gasteiger charge is 2.22. The molecule has 0 unspecified atom stereocenters. The van der Waals surface area contributed by atoms with Gasteiger partial charge in [0.1, 0.15) is 0 Å². The maximum atomic E-state index is 12.4. The van der Waals surface area contributed by atoms with E-state index in [2.05, 4.69) is 39.8 Å². The number of amides is 1. The monoisotopic (exact) mass is 259 g/mol. The lowest BCUT2D eigenvalue weighted by Crippen LogP contribution is -2.39. The van der Waals surface area contributed by atoms with Crippen molar-refractivity contribution in [2.45, 2.75) is 46.0 Å². The highest BCUT2D eigenvalue weighted by atomic mass is 16.2. The fourth-order valence-corrected chi connectivity index (χ4v) is 2.67. The van der Waals surface area contributed by atoms with E-state index in [0.717, 1.165) is 25.1 Å². The van der Waals surface area contributed by atoms with Crippen LogP contribution in [0.1, 0.15) is 56.5 Å². The summed E-state index contributed by atoms with van der Waals surface area (Å²) in [4.78, 5) is 14.4. The van der Waals surface area contributed by atoms with Crippen molar-refractivity contribution in [3.63, 3.8) is 0 Å². The first-order valence-corrected chi connectivity index (χ1v) is 7.28. The van der Waals surface area contributed by atoms with Gasteiger partial charge in [0.15, 0.2) is 0 Å². The normalized spacial score (nSPS) is 20.4. The Bertz CT molecular complexity index is 441. The lowest BCUT2D eigenvalue weighted by molar-refractivity contribution is 0.0683. The first kappa shape index (κ1) is 14.1. The van der Waals surface area contributed by atoms with Crippen LogP contribution in [0.3, 0.4) is 0 Å². The van der Waals surface area contributed by atoms with Crippen LogP contribution in [0.2, 0.25) is 0 Å². The summed E-state index contributed by atoms with van der Waals surface area (Å²) in [7, 11) is 0. The van der Waals surface area contributed by atoms with Crippen molar-refractivity contribution in [2.75, 3.05) is 13.1 Å². The lowest BCUT2D eigenvalue weighted by Gasteiger charge is -2.31. The summed E-state index contributed by atoms with van der Waals surface area (Å²) < 4.78 is 0. The van der Waals surface area contributed by atoms with Crippen molar-refractivity contribution in [3.05, 3.63) is 35.4 Å². The molecule has 0 bridgehead atoms. The van der Waals surface area contributed by atoms with Gasteiger partial charge in [0.2, 0.25) is 0 Å². The van der Waals surface area contributed by atoms with Crippen LogP contribution in [0.25, 0.3) is 0 Å². The van der Waals surface area contributed by atoms with Crippen molar-refractivity contribution < 1.29 is 4.79 Å². The number of nitrogens with zero attached hydrogens (tertiary/aromatic N) is 1. The largest absolute Gasteiger partial charge is 0.338 e. The fraction of sp³-hybridized carbons (Fsp3) is 0.588. The molecule has 1 heterocycles. The SMILES string of the molecule is C[C@@H]1CCCN(C(=O)c2ccc(C(C)(C)C)cc2)C1. The first-order valence-electron chi connectivity index (χ1n) is 7.28. The molecule has 104 valence electrons. The molecule has 1 amide bonds. The second kappa shape index (κ2) is 5.36. The Morgan fingerprint density at radius 1 is 1.21 bits per heavy atom. The van der Waals surface area contributed by atoms with Crippen LogP contribution < -0.4 is 0 Å². The number of carbonyl (C=O) groups excluding carboxylic acids is 1. The molecule has 2 rings (SSSR count). The predicted molar refractivity (Wildman–Crippen MR) is 79.4 cm³/mol. The minimum Gasteiger partial charge on any atom is -0.338 e. The third-order valence-corrected chi connectivity index (χ3v) is 3.94. The highest BCUT2D eigenvalue weighted by Crippen LogP contribution is 2.23. The molecule has 0 spiro atoms. The third kappa shape index (κ3) is 3.37. The average molecular weight is 259 g/mol. The minimum atomic E-state index is 0.140. The number of rotatable bonds is 1. The van der Waals surface area contributed by atoms with Gasteiger partial charge in [-0.15, -0.1) is 0 Å². The zero-order valence-electron chi connectivity index (χ0n) is 12.6. The summed E-state index contributed by atoms with van der Waals surface area (Å²) in [5.41, 5.74) is 2.24. The summed E-state index contributed by atoms with van der Waals surface area (Å²) in [6, 6.07) is 8.12. The van der Waals surface area contributed by atoms with Gasteiger partial charge in [0, 0.05) is 18.7 Å². The molecule has 2 nitrogen and oxygen atoms in total. The Morgan fingerprint density at radius 3 is 2.37 bits per heavy atom. The van der Waals surface area contributed by atoms with E-state index in [1.165, 1.54) is 12.0 Å². The van der Waals surface area contributed by atoms with Gasteiger partial charge in [0.05, 0.1) is 0 Å².